The molecule has 1 heterocycles. The van der Waals surface area contributed by atoms with Crippen molar-refractivity contribution >= 4 is 23.6 Å². The minimum absolute atomic E-state index is 0.359. The van der Waals surface area contributed by atoms with Gasteiger partial charge in [0.15, 0.2) is 0 Å². The zero-order chi connectivity index (χ0) is 13.1. The normalized spacial score (nSPS) is 22.2. The highest BCUT2D eigenvalue weighted by atomic mass is 32.2. The summed E-state index contributed by atoms with van der Waals surface area (Å²) in [6, 6.07) is 0. The number of carbonyl (C=O) groups is 2. The van der Waals surface area contributed by atoms with Crippen molar-refractivity contribution in [3.05, 3.63) is 0 Å². The molecule has 2 atom stereocenters. The number of rotatable bonds is 4. The molecule has 1 rings (SSSR count). The molecule has 0 saturated carbocycles. The number of amides is 1. The number of carboxylic acid groups (broad SMARTS) is 1. The molecule has 0 aromatic rings. The number of carboxylic acids is 1. The van der Waals surface area contributed by atoms with Crippen molar-refractivity contribution in [1.82, 2.24) is 5.32 Å². The molecule has 0 aromatic carbocycles. The van der Waals surface area contributed by atoms with E-state index in [4.69, 9.17) is 5.11 Å². The smallest absolute Gasteiger partial charge is 0.316 e. The molecule has 1 fully saturated rings. The fourth-order valence-electron chi connectivity index (χ4n) is 1.97. The Morgan fingerprint density at radius 3 is 2.53 bits per heavy atom. The van der Waals surface area contributed by atoms with E-state index >= 15 is 0 Å². The zero-order valence-corrected chi connectivity index (χ0v) is 11.5. The molecular weight excluding hydrogens is 238 g/mol. The standard InChI is InChI=1S/C12H21NO3S/c1-12(2,3)9(11(15)16)10(14)13-6-8-4-5-17-7-8/h8-9H,4-7H2,1-3H3,(H,13,14)(H,15,16). The van der Waals surface area contributed by atoms with Crippen molar-refractivity contribution in [2.24, 2.45) is 17.3 Å². The molecule has 2 unspecified atom stereocenters. The van der Waals surface area contributed by atoms with Gasteiger partial charge in [-0.3, -0.25) is 9.59 Å². The molecular formula is C12H21NO3S. The van der Waals surface area contributed by atoms with E-state index in [2.05, 4.69) is 5.32 Å². The lowest BCUT2D eigenvalue weighted by Crippen LogP contribution is -2.44. The predicted molar refractivity (Wildman–Crippen MR) is 69.0 cm³/mol. The van der Waals surface area contributed by atoms with E-state index in [0.29, 0.717) is 12.5 Å². The Kier molecular flexibility index (Phi) is 4.86. The molecule has 0 radical (unpaired) electrons. The summed E-state index contributed by atoms with van der Waals surface area (Å²) >= 11 is 1.89. The Balaban J connectivity index is 2.51. The van der Waals surface area contributed by atoms with Crippen molar-refractivity contribution in [3.8, 4) is 0 Å². The Morgan fingerprint density at radius 1 is 1.47 bits per heavy atom. The molecule has 0 bridgehead atoms. The molecule has 5 heteroatoms. The summed E-state index contributed by atoms with van der Waals surface area (Å²) in [5, 5.41) is 11.9. The third kappa shape index (κ3) is 4.22. The molecule has 1 amide bonds. The molecule has 17 heavy (non-hydrogen) atoms. The first kappa shape index (κ1) is 14.4. The fraction of sp³-hybridized carbons (Fsp3) is 0.833. The number of thioether (sulfide) groups is 1. The number of hydrogen-bond acceptors (Lipinski definition) is 3. The van der Waals surface area contributed by atoms with Gasteiger partial charge in [0.25, 0.3) is 0 Å². The first-order valence-corrected chi connectivity index (χ1v) is 7.06. The second kappa shape index (κ2) is 5.76. The van der Waals surface area contributed by atoms with Crippen molar-refractivity contribution in [1.29, 1.82) is 0 Å². The van der Waals surface area contributed by atoms with Crippen molar-refractivity contribution < 1.29 is 14.7 Å². The van der Waals surface area contributed by atoms with Gasteiger partial charge in [-0.25, -0.2) is 0 Å². The second-order valence-corrected chi connectivity index (χ2v) is 6.76. The van der Waals surface area contributed by atoms with Gasteiger partial charge in [-0.15, -0.1) is 0 Å². The minimum Gasteiger partial charge on any atom is -0.481 e. The fourth-order valence-corrected chi connectivity index (χ4v) is 3.25. The molecule has 0 aromatic heterocycles. The monoisotopic (exact) mass is 259 g/mol. The zero-order valence-electron chi connectivity index (χ0n) is 10.7. The van der Waals surface area contributed by atoms with Crippen LogP contribution in [0.15, 0.2) is 0 Å². The number of aliphatic carboxylic acids is 1. The molecule has 0 spiro atoms. The van der Waals surface area contributed by atoms with Crippen LogP contribution in [-0.2, 0) is 9.59 Å². The molecule has 2 N–H and O–H groups in total. The summed E-state index contributed by atoms with van der Waals surface area (Å²) in [4.78, 5) is 23.0. The van der Waals surface area contributed by atoms with Gasteiger partial charge in [0, 0.05) is 6.54 Å². The number of hydrogen-bond donors (Lipinski definition) is 2. The van der Waals surface area contributed by atoms with Crippen LogP contribution in [0.4, 0.5) is 0 Å². The van der Waals surface area contributed by atoms with Gasteiger partial charge in [-0.1, -0.05) is 20.8 Å². The van der Waals surface area contributed by atoms with Gasteiger partial charge >= 0.3 is 5.97 Å². The van der Waals surface area contributed by atoms with Gasteiger partial charge in [0.1, 0.15) is 5.92 Å². The van der Waals surface area contributed by atoms with Gasteiger partial charge in [0.2, 0.25) is 5.91 Å². The molecule has 0 aliphatic carbocycles. The van der Waals surface area contributed by atoms with Gasteiger partial charge in [0.05, 0.1) is 0 Å². The maximum atomic E-state index is 11.9. The summed E-state index contributed by atoms with van der Waals surface area (Å²) in [6.07, 6.45) is 1.11. The third-order valence-electron chi connectivity index (χ3n) is 2.96. The first-order chi connectivity index (χ1) is 7.82. The van der Waals surface area contributed by atoms with Gasteiger partial charge in [-0.05, 0) is 29.3 Å². The maximum Gasteiger partial charge on any atom is 0.316 e. The average molecular weight is 259 g/mol. The van der Waals surface area contributed by atoms with E-state index in [1.54, 1.807) is 20.8 Å². The highest BCUT2D eigenvalue weighted by molar-refractivity contribution is 7.99. The molecule has 1 aliphatic rings. The minimum atomic E-state index is -1.05. The summed E-state index contributed by atoms with van der Waals surface area (Å²) in [6.45, 7) is 5.93. The van der Waals surface area contributed by atoms with Crippen LogP contribution in [0.25, 0.3) is 0 Å². The highest BCUT2D eigenvalue weighted by Crippen LogP contribution is 2.27. The molecule has 4 nitrogen and oxygen atoms in total. The quantitative estimate of drug-likeness (QED) is 0.753. The van der Waals surface area contributed by atoms with E-state index in [-0.39, 0.29) is 5.91 Å². The predicted octanol–water partition coefficient (Wildman–Crippen LogP) is 1.60. The van der Waals surface area contributed by atoms with Gasteiger partial charge in [-0.2, -0.15) is 11.8 Å². The topological polar surface area (TPSA) is 66.4 Å². The van der Waals surface area contributed by atoms with Crippen LogP contribution in [0.3, 0.4) is 0 Å². The summed E-state index contributed by atoms with van der Waals surface area (Å²) < 4.78 is 0. The van der Waals surface area contributed by atoms with E-state index in [1.165, 1.54) is 0 Å². The summed E-state index contributed by atoms with van der Waals surface area (Å²) in [7, 11) is 0. The Bertz CT molecular complexity index is 293. The van der Waals surface area contributed by atoms with Crippen LogP contribution in [0.2, 0.25) is 0 Å². The lowest BCUT2D eigenvalue weighted by atomic mass is 9.80. The molecule has 98 valence electrons. The van der Waals surface area contributed by atoms with Crippen molar-refractivity contribution in [2.75, 3.05) is 18.1 Å². The second-order valence-electron chi connectivity index (χ2n) is 5.61. The highest BCUT2D eigenvalue weighted by Gasteiger charge is 2.37. The lowest BCUT2D eigenvalue weighted by molar-refractivity contribution is -0.151. The van der Waals surface area contributed by atoms with E-state index in [0.717, 1.165) is 17.9 Å². The lowest BCUT2D eigenvalue weighted by Gasteiger charge is -2.26. The first-order valence-electron chi connectivity index (χ1n) is 5.90. The van der Waals surface area contributed by atoms with E-state index in [1.807, 2.05) is 11.8 Å². The third-order valence-corrected chi connectivity index (χ3v) is 4.20. The maximum absolute atomic E-state index is 11.9. The Labute approximate surface area is 107 Å². The number of carbonyl (C=O) groups excluding carboxylic acids is 1. The van der Waals surface area contributed by atoms with E-state index in [9.17, 15) is 9.59 Å². The molecule has 1 saturated heterocycles. The van der Waals surface area contributed by atoms with Crippen LogP contribution in [0, 0.1) is 17.3 Å². The summed E-state index contributed by atoms with van der Waals surface area (Å²) in [5.41, 5.74) is -0.555. The average Bonchev–Trinajstić information content (AvgIpc) is 2.63. The van der Waals surface area contributed by atoms with E-state index < -0.39 is 17.3 Å². The van der Waals surface area contributed by atoms with Crippen LogP contribution < -0.4 is 5.32 Å². The summed E-state index contributed by atoms with van der Waals surface area (Å²) in [5.74, 6) is 0.322. The van der Waals surface area contributed by atoms with Crippen LogP contribution in [0.5, 0.6) is 0 Å². The Hall–Kier alpha value is -0.710. The number of nitrogens with one attached hydrogen (secondary N) is 1. The van der Waals surface area contributed by atoms with Crippen LogP contribution in [-0.4, -0.2) is 35.0 Å². The van der Waals surface area contributed by atoms with Crippen molar-refractivity contribution in [2.45, 2.75) is 27.2 Å². The largest absolute Gasteiger partial charge is 0.481 e. The van der Waals surface area contributed by atoms with Gasteiger partial charge < -0.3 is 10.4 Å². The van der Waals surface area contributed by atoms with Crippen molar-refractivity contribution in [3.63, 3.8) is 0 Å². The molecule has 1 aliphatic heterocycles. The SMILES string of the molecule is CC(C)(C)C(C(=O)O)C(=O)NCC1CCSC1. The van der Waals surface area contributed by atoms with Crippen LogP contribution in [0.1, 0.15) is 27.2 Å². The Morgan fingerprint density at radius 2 is 2.12 bits per heavy atom. The van der Waals surface area contributed by atoms with Crippen LogP contribution >= 0.6 is 11.8 Å².